The Morgan fingerprint density at radius 2 is 1.16 bits per heavy atom. The van der Waals surface area contributed by atoms with Crippen molar-refractivity contribution in [2.75, 3.05) is 13.2 Å². The fourth-order valence-corrected chi connectivity index (χ4v) is 4.59. The summed E-state index contributed by atoms with van der Waals surface area (Å²) in [6, 6.07) is 23.4. The van der Waals surface area contributed by atoms with Crippen LogP contribution < -0.4 is 9.47 Å². The monoisotopic (exact) mass is 584 g/mol. The molecule has 3 aromatic rings. The van der Waals surface area contributed by atoms with Crippen molar-refractivity contribution in [2.24, 2.45) is 0 Å². The summed E-state index contributed by atoms with van der Waals surface area (Å²) in [6.45, 7) is 8.89. The molecule has 5 nitrogen and oxygen atoms in total. The van der Waals surface area contributed by atoms with Gasteiger partial charge in [-0.25, -0.2) is 9.59 Å². The van der Waals surface area contributed by atoms with Crippen LogP contribution in [0.4, 0.5) is 0 Å². The van der Waals surface area contributed by atoms with Crippen molar-refractivity contribution >= 4 is 11.9 Å². The van der Waals surface area contributed by atoms with E-state index < -0.39 is 5.97 Å². The van der Waals surface area contributed by atoms with Gasteiger partial charge in [0.15, 0.2) is 0 Å². The van der Waals surface area contributed by atoms with Gasteiger partial charge in [0.05, 0.1) is 18.8 Å². The van der Waals surface area contributed by atoms with Crippen LogP contribution in [0.2, 0.25) is 0 Å². The molecule has 0 atom stereocenters. The first-order valence-electron chi connectivity index (χ1n) is 15.8. The number of allylic oxidation sites excluding steroid dienone is 1. The Morgan fingerprint density at radius 3 is 1.79 bits per heavy atom. The van der Waals surface area contributed by atoms with Gasteiger partial charge in [-0.15, -0.1) is 0 Å². The van der Waals surface area contributed by atoms with Gasteiger partial charge >= 0.3 is 11.9 Å². The highest BCUT2D eigenvalue weighted by Gasteiger charge is 2.10. The standard InChI is InChI=1S/C38H48O5/c1-5-6-7-8-11-14-31-15-17-32(18-16-31)33-19-25-36(26-20-33)43-38(40)34-21-23-35(24-22-34)41-27-12-9-10-13-28-42-37(39)30(4)29(2)3/h15-26H,5-14,27-28H2,1-4H3. The van der Waals surface area contributed by atoms with E-state index in [0.717, 1.165) is 54.6 Å². The number of unbranched alkanes of at least 4 members (excludes halogenated alkanes) is 7. The normalized spacial score (nSPS) is 10.7. The summed E-state index contributed by atoms with van der Waals surface area (Å²) in [6.07, 6.45) is 11.3. The number of hydrogen-bond donors (Lipinski definition) is 0. The maximum absolute atomic E-state index is 12.7. The van der Waals surface area contributed by atoms with Crippen LogP contribution in [-0.2, 0) is 16.0 Å². The molecule has 0 radical (unpaired) electrons. The summed E-state index contributed by atoms with van der Waals surface area (Å²) < 4.78 is 16.7. The molecule has 0 aliphatic rings. The smallest absolute Gasteiger partial charge is 0.343 e. The van der Waals surface area contributed by atoms with Crippen LogP contribution in [0.3, 0.4) is 0 Å². The first kappa shape index (κ1) is 33.6. The first-order chi connectivity index (χ1) is 20.9. The Bertz CT molecular complexity index is 1280. The quantitative estimate of drug-likeness (QED) is 0.0644. The Hall–Kier alpha value is -3.86. The number of esters is 2. The van der Waals surface area contributed by atoms with Gasteiger partial charge in [0.1, 0.15) is 11.5 Å². The maximum Gasteiger partial charge on any atom is 0.343 e. The molecular weight excluding hydrogens is 536 g/mol. The fourth-order valence-electron chi connectivity index (χ4n) is 4.59. The van der Waals surface area contributed by atoms with E-state index in [2.05, 4.69) is 31.2 Å². The van der Waals surface area contributed by atoms with E-state index in [1.165, 1.54) is 37.7 Å². The molecule has 3 rings (SSSR count). The van der Waals surface area contributed by atoms with E-state index >= 15 is 0 Å². The topological polar surface area (TPSA) is 61.8 Å². The molecule has 5 heteroatoms. The van der Waals surface area contributed by atoms with Crippen LogP contribution in [-0.4, -0.2) is 25.2 Å². The highest BCUT2D eigenvalue weighted by Crippen LogP contribution is 2.24. The van der Waals surface area contributed by atoms with E-state index in [-0.39, 0.29) is 5.97 Å². The van der Waals surface area contributed by atoms with Crippen molar-refractivity contribution in [1.29, 1.82) is 0 Å². The second-order valence-electron chi connectivity index (χ2n) is 11.3. The summed E-state index contributed by atoms with van der Waals surface area (Å²) in [4.78, 5) is 24.5. The van der Waals surface area contributed by atoms with Gasteiger partial charge in [-0.1, -0.05) is 74.6 Å². The molecule has 230 valence electrons. The molecule has 0 aliphatic carbocycles. The molecule has 0 unspecified atom stereocenters. The minimum absolute atomic E-state index is 0.228. The predicted molar refractivity (Wildman–Crippen MR) is 175 cm³/mol. The fraction of sp³-hybridized carbons (Fsp3) is 0.421. The molecule has 0 saturated heterocycles. The number of hydrogen-bond acceptors (Lipinski definition) is 5. The Kier molecular flexibility index (Phi) is 14.6. The molecule has 0 saturated carbocycles. The largest absolute Gasteiger partial charge is 0.494 e. The summed E-state index contributed by atoms with van der Waals surface area (Å²) in [5.74, 6) is 0.602. The Labute approximate surface area is 258 Å². The molecule has 0 aromatic heterocycles. The minimum Gasteiger partial charge on any atom is -0.494 e. The van der Waals surface area contributed by atoms with Gasteiger partial charge < -0.3 is 14.2 Å². The number of ether oxygens (including phenoxy) is 3. The molecular formula is C38H48O5. The number of carbonyl (C=O) groups excluding carboxylic acids is 2. The molecule has 0 N–H and O–H groups in total. The average molecular weight is 585 g/mol. The lowest BCUT2D eigenvalue weighted by Crippen LogP contribution is -2.08. The summed E-state index contributed by atoms with van der Waals surface area (Å²) in [5, 5.41) is 0. The third kappa shape index (κ3) is 12.1. The molecule has 0 spiro atoms. The number of aryl methyl sites for hydroxylation is 1. The van der Waals surface area contributed by atoms with Crippen LogP contribution >= 0.6 is 0 Å². The van der Waals surface area contributed by atoms with Gasteiger partial charge in [-0.3, -0.25) is 0 Å². The SMILES string of the molecule is CCCCCCCc1ccc(-c2ccc(OC(=O)c3ccc(OCCCCCCOC(=O)C(C)=C(C)C)cc3)cc2)cc1. The molecule has 0 aliphatic heterocycles. The van der Waals surface area contributed by atoms with Crippen molar-refractivity contribution in [3.8, 4) is 22.6 Å². The van der Waals surface area contributed by atoms with E-state index in [1.807, 2.05) is 38.1 Å². The van der Waals surface area contributed by atoms with Gasteiger partial charge in [-0.05, 0) is 112 Å². The zero-order chi connectivity index (χ0) is 30.9. The average Bonchev–Trinajstić information content (AvgIpc) is 3.02. The molecule has 0 amide bonds. The van der Waals surface area contributed by atoms with Crippen LogP contribution in [0.15, 0.2) is 83.9 Å². The maximum atomic E-state index is 12.7. The second kappa shape index (κ2) is 18.6. The molecule has 0 heterocycles. The van der Waals surface area contributed by atoms with Crippen molar-refractivity contribution in [3.63, 3.8) is 0 Å². The van der Waals surface area contributed by atoms with Gasteiger partial charge in [-0.2, -0.15) is 0 Å². The first-order valence-corrected chi connectivity index (χ1v) is 15.8. The van der Waals surface area contributed by atoms with Crippen molar-refractivity contribution < 1.29 is 23.8 Å². The highest BCUT2D eigenvalue weighted by atomic mass is 16.5. The molecule has 3 aromatic carbocycles. The summed E-state index contributed by atoms with van der Waals surface area (Å²) in [5.41, 5.74) is 5.76. The van der Waals surface area contributed by atoms with E-state index in [9.17, 15) is 9.59 Å². The number of rotatable bonds is 18. The lowest BCUT2D eigenvalue weighted by atomic mass is 10.0. The van der Waals surface area contributed by atoms with Crippen LogP contribution in [0.1, 0.15) is 101 Å². The Morgan fingerprint density at radius 1 is 0.605 bits per heavy atom. The van der Waals surface area contributed by atoms with Gasteiger partial charge in [0.2, 0.25) is 0 Å². The number of benzene rings is 3. The van der Waals surface area contributed by atoms with Gasteiger partial charge in [0.25, 0.3) is 0 Å². The van der Waals surface area contributed by atoms with Crippen molar-refractivity contribution in [2.45, 2.75) is 91.9 Å². The van der Waals surface area contributed by atoms with E-state index in [1.54, 1.807) is 31.2 Å². The zero-order valence-electron chi connectivity index (χ0n) is 26.5. The van der Waals surface area contributed by atoms with Crippen molar-refractivity contribution in [3.05, 3.63) is 95.1 Å². The van der Waals surface area contributed by atoms with Crippen LogP contribution in [0.5, 0.6) is 11.5 Å². The lowest BCUT2D eigenvalue weighted by Gasteiger charge is -2.09. The Balaban J connectivity index is 1.34. The van der Waals surface area contributed by atoms with Gasteiger partial charge in [0, 0.05) is 5.57 Å². The number of carbonyl (C=O) groups is 2. The van der Waals surface area contributed by atoms with E-state index in [4.69, 9.17) is 14.2 Å². The molecule has 0 fully saturated rings. The van der Waals surface area contributed by atoms with E-state index in [0.29, 0.717) is 30.1 Å². The zero-order valence-corrected chi connectivity index (χ0v) is 26.5. The molecule has 43 heavy (non-hydrogen) atoms. The lowest BCUT2D eigenvalue weighted by molar-refractivity contribution is -0.139. The summed E-state index contributed by atoms with van der Waals surface area (Å²) >= 11 is 0. The van der Waals surface area contributed by atoms with Crippen LogP contribution in [0, 0.1) is 0 Å². The molecule has 0 bridgehead atoms. The van der Waals surface area contributed by atoms with Crippen LogP contribution in [0.25, 0.3) is 11.1 Å². The highest BCUT2D eigenvalue weighted by molar-refractivity contribution is 5.91. The minimum atomic E-state index is -0.400. The second-order valence-corrected chi connectivity index (χ2v) is 11.3. The third-order valence-corrected chi connectivity index (χ3v) is 7.61. The third-order valence-electron chi connectivity index (χ3n) is 7.61. The predicted octanol–water partition coefficient (Wildman–Crippen LogP) is 9.92. The summed E-state index contributed by atoms with van der Waals surface area (Å²) in [7, 11) is 0. The van der Waals surface area contributed by atoms with Crippen molar-refractivity contribution in [1.82, 2.24) is 0 Å².